The van der Waals surface area contributed by atoms with Crippen molar-refractivity contribution in [1.29, 1.82) is 0 Å². The number of esters is 1. The fourth-order valence-electron chi connectivity index (χ4n) is 2.27. The van der Waals surface area contributed by atoms with E-state index in [0.29, 0.717) is 5.92 Å². The Balaban J connectivity index is 0.000000322. The Morgan fingerprint density at radius 1 is 1.22 bits per heavy atom. The predicted molar refractivity (Wildman–Crippen MR) is 75.9 cm³/mol. The number of methoxy groups -OCH3 is 1. The number of hydrogen-bond donors (Lipinski definition) is 2. The smallest absolute Gasteiger partial charge is 0.475 e. The van der Waals surface area contributed by atoms with Crippen molar-refractivity contribution in [1.82, 2.24) is 5.32 Å². The normalized spacial score (nSPS) is 20.9. The van der Waals surface area contributed by atoms with Gasteiger partial charge >= 0.3 is 18.1 Å². The van der Waals surface area contributed by atoms with Crippen LogP contribution in [0.3, 0.4) is 0 Å². The number of benzene rings is 1. The van der Waals surface area contributed by atoms with Crippen molar-refractivity contribution in [3.05, 3.63) is 35.9 Å². The second kappa shape index (κ2) is 8.52. The zero-order valence-electron chi connectivity index (χ0n) is 12.5. The SMILES string of the molecule is COC(=O)C1CNCC(c2ccccc2)C1.O=C(O)C(F)(F)F. The Morgan fingerprint density at radius 3 is 2.26 bits per heavy atom. The topological polar surface area (TPSA) is 75.6 Å². The van der Waals surface area contributed by atoms with Gasteiger partial charge in [-0.15, -0.1) is 0 Å². The zero-order chi connectivity index (χ0) is 17.5. The van der Waals surface area contributed by atoms with Gasteiger partial charge < -0.3 is 15.2 Å². The quantitative estimate of drug-likeness (QED) is 0.812. The van der Waals surface area contributed by atoms with Gasteiger partial charge in [-0.2, -0.15) is 13.2 Å². The van der Waals surface area contributed by atoms with Gasteiger partial charge in [-0.25, -0.2) is 4.79 Å². The number of ether oxygens (including phenoxy) is 1. The lowest BCUT2D eigenvalue weighted by molar-refractivity contribution is -0.192. The van der Waals surface area contributed by atoms with Crippen LogP contribution in [0, 0.1) is 5.92 Å². The van der Waals surface area contributed by atoms with Crippen molar-refractivity contribution in [3.63, 3.8) is 0 Å². The van der Waals surface area contributed by atoms with Gasteiger partial charge in [0.25, 0.3) is 0 Å². The highest BCUT2D eigenvalue weighted by Crippen LogP contribution is 2.26. The molecule has 5 nitrogen and oxygen atoms in total. The number of carbonyl (C=O) groups excluding carboxylic acids is 1. The summed E-state index contributed by atoms with van der Waals surface area (Å²) in [6, 6.07) is 10.3. The lowest BCUT2D eigenvalue weighted by atomic mass is 9.86. The van der Waals surface area contributed by atoms with Crippen molar-refractivity contribution < 1.29 is 32.6 Å². The van der Waals surface area contributed by atoms with E-state index in [2.05, 4.69) is 17.4 Å². The van der Waals surface area contributed by atoms with E-state index < -0.39 is 12.1 Å². The van der Waals surface area contributed by atoms with Gasteiger partial charge in [0.15, 0.2) is 0 Å². The highest BCUT2D eigenvalue weighted by Gasteiger charge is 2.38. The van der Waals surface area contributed by atoms with Crippen LogP contribution in [0.1, 0.15) is 17.9 Å². The average molecular weight is 333 g/mol. The minimum absolute atomic E-state index is 0.0102. The second-order valence-corrected chi connectivity index (χ2v) is 5.02. The molecule has 128 valence electrons. The third-order valence-corrected chi connectivity index (χ3v) is 3.40. The Morgan fingerprint density at radius 2 is 1.78 bits per heavy atom. The Bertz CT molecular complexity index is 519. The Kier molecular flexibility index (Phi) is 7.02. The summed E-state index contributed by atoms with van der Waals surface area (Å²) in [5.41, 5.74) is 1.30. The molecule has 8 heteroatoms. The molecule has 2 atom stereocenters. The van der Waals surface area contributed by atoms with E-state index in [4.69, 9.17) is 14.6 Å². The fourth-order valence-corrected chi connectivity index (χ4v) is 2.27. The molecule has 1 aliphatic heterocycles. The minimum atomic E-state index is -5.08. The molecular formula is C15H18F3NO4. The average Bonchev–Trinajstić information content (AvgIpc) is 2.54. The van der Waals surface area contributed by atoms with Crippen LogP contribution in [0.5, 0.6) is 0 Å². The number of rotatable bonds is 2. The van der Waals surface area contributed by atoms with Crippen LogP contribution in [-0.4, -0.2) is 43.4 Å². The monoisotopic (exact) mass is 333 g/mol. The molecule has 2 N–H and O–H groups in total. The maximum Gasteiger partial charge on any atom is 0.490 e. The molecule has 0 aromatic heterocycles. The summed E-state index contributed by atoms with van der Waals surface area (Å²) >= 11 is 0. The molecule has 0 saturated carbocycles. The summed E-state index contributed by atoms with van der Waals surface area (Å²) in [5.74, 6) is -2.45. The van der Waals surface area contributed by atoms with Crippen molar-refractivity contribution in [3.8, 4) is 0 Å². The largest absolute Gasteiger partial charge is 0.490 e. The first kappa shape index (κ1) is 19.0. The molecule has 0 spiro atoms. The lowest BCUT2D eigenvalue weighted by Gasteiger charge is -2.28. The summed E-state index contributed by atoms with van der Waals surface area (Å²) in [6.45, 7) is 1.67. The number of alkyl halides is 3. The molecule has 0 radical (unpaired) electrons. The van der Waals surface area contributed by atoms with Crippen LogP contribution in [0.25, 0.3) is 0 Å². The van der Waals surface area contributed by atoms with E-state index in [0.717, 1.165) is 19.5 Å². The van der Waals surface area contributed by atoms with Gasteiger partial charge in [-0.3, -0.25) is 4.79 Å². The molecule has 1 aromatic rings. The van der Waals surface area contributed by atoms with E-state index in [1.165, 1.54) is 12.7 Å². The molecule has 0 aliphatic carbocycles. The zero-order valence-corrected chi connectivity index (χ0v) is 12.5. The molecule has 2 rings (SSSR count). The van der Waals surface area contributed by atoms with Gasteiger partial charge in [0.2, 0.25) is 0 Å². The number of nitrogens with one attached hydrogen (secondary N) is 1. The van der Waals surface area contributed by atoms with Crippen LogP contribution in [0.15, 0.2) is 30.3 Å². The van der Waals surface area contributed by atoms with Gasteiger partial charge in [0.1, 0.15) is 0 Å². The molecule has 1 aliphatic rings. The maximum absolute atomic E-state index is 11.5. The van der Waals surface area contributed by atoms with E-state index in [9.17, 15) is 18.0 Å². The summed E-state index contributed by atoms with van der Waals surface area (Å²) in [4.78, 5) is 20.4. The Labute approximate surface area is 131 Å². The van der Waals surface area contributed by atoms with Crippen LogP contribution in [0.2, 0.25) is 0 Å². The molecule has 1 heterocycles. The van der Waals surface area contributed by atoms with Crippen LogP contribution in [-0.2, 0) is 14.3 Å². The first-order chi connectivity index (χ1) is 10.8. The van der Waals surface area contributed by atoms with Crippen LogP contribution in [0.4, 0.5) is 13.2 Å². The molecule has 1 saturated heterocycles. The lowest BCUT2D eigenvalue weighted by Crippen LogP contribution is -2.39. The first-order valence-corrected chi connectivity index (χ1v) is 6.89. The second-order valence-electron chi connectivity index (χ2n) is 5.02. The third kappa shape index (κ3) is 6.27. The number of carboxylic acid groups (broad SMARTS) is 1. The number of halogens is 3. The van der Waals surface area contributed by atoms with E-state index >= 15 is 0 Å². The number of hydrogen-bond acceptors (Lipinski definition) is 4. The maximum atomic E-state index is 11.5. The molecule has 2 unspecified atom stereocenters. The van der Waals surface area contributed by atoms with Gasteiger partial charge in [0.05, 0.1) is 13.0 Å². The van der Waals surface area contributed by atoms with E-state index in [1.54, 1.807) is 0 Å². The molecular weight excluding hydrogens is 315 g/mol. The van der Waals surface area contributed by atoms with E-state index in [-0.39, 0.29) is 11.9 Å². The highest BCUT2D eigenvalue weighted by molar-refractivity contribution is 5.73. The van der Waals surface area contributed by atoms with E-state index in [1.807, 2.05) is 18.2 Å². The standard InChI is InChI=1S/C13H17NO2.C2HF3O2/c1-16-13(15)12-7-11(8-14-9-12)10-5-3-2-4-6-10;3-2(4,5)1(6)7/h2-6,11-12,14H,7-9H2,1H3;(H,6,7). The van der Waals surface area contributed by atoms with Gasteiger partial charge in [0, 0.05) is 13.1 Å². The molecule has 1 fully saturated rings. The Hall–Kier alpha value is -2.09. The third-order valence-electron chi connectivity index (χ3n) is 3.40. The first-order valence-electron chi connectivity index (χ1n) is 6.89. The minimum Gasteiger partial charge on any atom is -0.475 e. The van der Waals surface area contributed by atoms with Crippen molar-refractivity contribution >= 4 is 11.9 Å². The molecule has 23 heavy (non-hydrogen) atoms. The fraction of sp³-hybridized carbons (Fsp3) is 0.467. The number of carbonyl (C=O) groups is 2. The highest BCUT2D eigenvalue weighted by atomic mass is 19.4. The van der Waals surface area contributed by atoms with Crippen molar-refractivity contribution in [2.45, 2.75) is 18.5 Å². The number of carboxylic acids is 1. The predicted octanol–water partition coefficient (Wildman–Crippen LogP) is 2.19. The van der Waals surface area contributed by atoms with Gasteiger partial charge in [-0.1, -0.05) is 30.3 Å². The number of piperidine rings is 1. The summed E-state index contributed by atoms with van der Waals surface area (Å²) in [5, 5.41) is 10.4. The molecule has 1 aromatic carbocycles. The van der Waals surface area contributed by atoms with Crippen LogP contribution >= 0.6 is 0 Å². The molecule has 0 bridgehead atoms. The van der Waals surface area contributed by atoms with Crippen molar-refractivity contribution in [2.75, 3.05) is 20.2 Å². The van der Waals surface area contributed by atoms with Crippen molar-refractivity contribution in [2.24, 2.45) is 5.92 Å². The summed E-state index contributed by atoms with van der Waals surface area (Å²) in [6.07, 6.45) is -4.20. The van der Waals surface area contributed by atoms with Crippen LogP contribution < -0.4 is 5.32 Å². The summed E-state index contributed by atoms with van der Waals surface area (Å²) in [7, 11) is 1.45. The summed E-state index contributed by atoms with van der Waals surface area (Å²) < 4.78 is 36.5. The molecule has 0 amide bonds. The van der Waals surface area contributed by atoms with Gasteiger partial charge in [-0.05, 0) is 17.9 Å². The number of aliphatic carboxylic acids is 1.